The molecule has 1 unspecified atom stereocenters. The van der Waals surface area contributed by atoms with Crippen LogP contribution in [0, 0.1) is 0 Å². The predicted octanol–water partition coefficient (Wildman–Crippen LogP) is 2.29. The Morgan fingerprint density at radius 2 is 1.47 bits per heavy atom. The number of hydrogen-bond donors (Lipinski definition) is 3. The van der Waals surface area contributed by atoms with Crippen molar-refractivity contribution in [2.45, 2.75) is 12.1 Å². The summed E-state index contributed by atoms with van der Waals surface area (Å²) < 4.78 is 0. The molecule has 0 aliphatic rings. The van der Waals surface area contributed by atoms with Gasteiger partial charge in [-0.25, -0.2) is 4.79 Å². The Morgan fingerprint density at radius 3 is 2.00 bits per heavy atom. The van der Waals surface area contributed by atoms with Crippen LogP contribution in [0.3, 0.4) is 0 Å². The number of carboxylic acid groups (broad SMARTS) is 1. The first-order valence-electron chi connectivity index (χ1n) is 5.96. The van der Waals surface area contributed by atoms with E-state index in [0.29, 0.717) is 11.3 Å². The average Bonchev–Trinajstić information content (AvgIpc) is 2.46. The maximum atomic E-state index is 11.3. The first-order valence-corrected chi connectivity index (χ1v) is 5.96. The SMILES string of the molecule is O=C(O)[C@@H](Nc1ccccc1)C(O)c1ccccc1. The maximum Gasteiger partial charge on any atom is 0.329 e. The molecule has 0 saturated carbocycles. The van der Waals surface area contributed by atoms with Gasteiger partial charge in [-0.3, -0.25) is 0 Å². The minimum Gasteiger partial charge on any atom is -0.480 e. The van der Waals surface area contributed by atoms with E-state index >= 15 is 0 Å². The van der Waals surface area contributed by atoms with Gasteiger partial charge in [0.1, 0.15) is 6.10 Å². The predicted molar refractivity (Wildman–Crippen MR) is 72.9 cm³/mol. The van der Waals surface area contributed by atoms with Crippen molar-refractivity contribution in [2.75, 3.05) is 5.32 Å². The van der Waals surface area contributed by atoms with Gasteiger partial charge in [0.25, 0.3) is 0 Å². The largest absolute Gasteiger partial charge is 0.480 e. The van der Waals surface area contributed by atoms with Gasteiger partial charge in [-0.2, -0.15) is 0 Å². The molecule has 0 amide bonds. The quantitative estimate of drug-likeness (QED) is 0.768. The molecule has 0 bridgehead atoms. The molecule has 2 atom stereocenters. The lowest BCUT2D eigenvalue weighted by molar-refractivity contribution is -0.140. The minimum absolute atomic E-state index is 0.568. The van der Waals surface area contributed by atoms with Gasteiger partial charge in [0.2, 0.25) is 0 Å². The molecule has 0 spiro atoms. The highest BCUT2D eigenvalue weighted by Crippen LogP contribution is 2.20. The van der Waals surface area contributed by atoms with E-state index in [1.807, 2.05) is 12.1 Å². The third-order valence-electron chi connectivity index (χ3n) is 2.82. The molecule has 0 radical (unpaired) electrons. The summed E-state index contributed by atoms with van der Waals surface area (Å²) in [4.78, 5) is 11.3. The number of para-hydroxylation sites is 1. The highest BCUT2D eigenvalue weighted by atomic mass is 16.4. The van der Waals surface area contributed by atoms with Crippen molar-refractivity contribution in [3.63, 3.8) is 0 Å². The van der Waals surface area contributed by atoms with Crippen LogP contribution in [0.2, 0.25) is 0 Å². The molecule has 2 rings (SSSR count). The summed E-state index contributed by atoms with van der Waals surface area (Å²) in [5, 5.41) is 22.2. The molecule has 0 fully saturated rings. The lowest BCUT2D eigenvalue weighted by atomic mass is 10.0. The van der Waals surface area contributed by atoms with Crippen molar-refractivity contribution >= 4 is 11.7 Å². The molecule has 0 aliphatic heterocycles. The molecule has 4 nitrogen and oxygen atoms in total. The summed E-state index contributed by atoms with van der Waals surface area (Å²) in [6.07, 6.45) is -1.11. The third kappa shape index (κ3) is 3.33. The third-order valence-corrected chi connectivity index (χ3v) is 2.82. The standard InChI is InChI=1S/C15H15NO3/c17-14(11-7-3-1-4-8-11)13(15(18)19)16-12-9-5-2-6-10-12/h1-10,13-14,16-17H,(H,18,19)/t13-,14?/m0/s1. The Labute approximate surface area is 111 Å². The number of nitrogens with one attached hydrogen (secondary N) is 1. The summed E-state index contributed by atoms with van der Waals surface area (Å²) in [5.41, 5.74) is 1.23. The van der Waals surface area contributed by atoms with E-state index in [9.17, 15) is 15.0 Å². The van der Waals surface area contributed by atoms with Crippen LogP contribution in [-0.4, -0.2) is 22.2 Å². The Bertz CT molecular complexity index is 528. The second-order valence-corrected chi connectivity index (χ2v) is 4.18. The van der Waals surface area contributed by atoms with E-state index in [1.54, 1.807) is 48.5 Å². The zero-order valence-electron chi connectivity index (χ0n) is 10.2. The Hall–Kier alpha value is -2.33. The van der Waals surface area contributed by atoms with Gasteiger partial charge in [0, 0.05) is 5.69 Å². The maximum absolute atomic E-state index is 11.3. The number of hydrogen-bond acceptors (Lipinski definition) is 3. The van der Waals surface area contributed by atoms with E-state index in [0.717, 1.165) is 0 Å². The fraction of sp³-hybridized carbons (Fsp3) is 0.133. The zero-order valence-corrected chi connectivity index (χ0v) is 10.2. The van der Waals surface area contributed by atoms with Gasteiger partial charge in [0.05, 0.1) is 0 Å². The van der Waals surface area contributed by atoms with E-state index in [4.69, 9.17) is 0 Å². The van der Waals surface area contributed by atoms with Crippen LogP contribution >= 0.6 is 0 Å². The Morgan fingerprint density at radius 1 is 0.947 bits per heavy atom. The fourth-order valence-electron chi connectivity index (χ4n) is 1.83. The number of aliphatic hydroxyl groups excluding tert-OH is 1. The first-order chi connectivity index (χ1) is 9.18. The molecule has 2 aromatic rings. The smallest absolute Gasteiger partial charge is 0.329 e. The highest BCUT2D eigenvalue weighted by Gasteiger charge is 2.27. The molecular formula is C15H15NO3. The van der Waals surface area contributed by atoms with Crippen molar-refractivity contribution in [3.8, 4) is 0 Å². The molecule has 0 aromatic heterocycles. The van der Waals surface area contributed by atoms with Gasteiger partial charge in [0.15, 0.2) is 6.04 Å². The van der Waals surface area contributed by atoms with E-state index in [2.05, 4.69) is 5.32 Å². The molecule has 0 saturated heterocycles. The lowest BCUT2D eigenvalue weighted by Crippen LogP contribution is -2.35. The first kappa shape index (κ1) is 13.1. The molecule has 98 valence electrons. The number of anilines is 1. The van der Waals surface area contributed by atoms with Crippen LogP contribution < -0.4 is 5.32 Å². The summed E-state index contributed by atoms with van der Waals surface area (Å²) in [6, 6.07) is 16.6. The van der Waals surface area contributed by atoms with Crippen LogP contribution in [0.5, 0.6) is 0 Å². The summed E-state index contributed by atoms with van der Waals surface area (Å²) in [6.45, 7) is 0. The molecule has 0 heterocycles. The number of rotatable bonds is 5. The molecular weight excluding hydrogens is 242 g/mol. The monoisotopic (exact) mass is 257 g/mol. The van der Waals surface area contributed by atoms with Gasteiger partial charge >= 0.3 is 5.97 Å². The van der Waals surface area contributed by atoms with Crippen LogP contribution in [-0.2, 0) is 4.79 Å². The number of carbonyl (C=O) groups is 1. The lowest BCUT2D eigenvalue weighted by Gasteiger charge is -2.21. The second kappa shape index (κ2) is 6.02. The summed E-state index contributed by atoms with van der Waals surface area (Å²) in [5.74, 6) is -1.10. The van der Waals surface area contributed by atoms with E-state index in [-0.39, 0.29) is 0 Å². The van der Waals surface area contributed by atoms with Crippen LogP contribution in [0.1, 0.15) is 11.7 Å². The van der Waals surface area contributed by atoms with Crippen molar-refractivity contribution < 1.29 is 15.0 Å². The van der Waals surface area contributed by atoms with Gasteiger partial charge in [-0.15, -0.1) is 0 Å². The molecule has 19 heavy (non-hydrogen) atoms. The van der Waals surface area contributed by atoms with Crippen molar-refractivity contribution in [1.29, 1.82) is 0 Å². The van der Waals surface area contributed by atoms with E-state index < -0.39 is 18.1 Å². The highest BCUT2D eigenvalue weighted by molar-refractivity contribution is 5.78. The number of carboxylic acids is 1. The Kier molecular flexibility index (Phi) is 4.15. The van der Waals surface area contributed by atoms with Crippen LogP contribution in [0.25, 0.3) is 0 Å². The number of aliphatic hydroxyl groups is 1. The molecule has 3 N–H and O–H groups in total. The number of benzene rings is 2. The Balaban J connectivity index is 2.19. The molecule has 4 heteroatoms. The fourth-order valence-corrected chi connectivity index (χ4v) is 1.83. The van der Waals surface area contributed by atoms with E-state index in [1.165, 1.54) is 0 Å². The minimum atomic E-state index is -1.11. The number of aliphatic carboxylic acids is 1. The second-order valence-electron chi connectivity index (χ2n) is 4.18. The van der Waals surface area contributed by atoms with Gasteiger partial charge < -0.3 is 15.5 Å². The molecule has 2 aromatic carbocycles. The normalized spacial score (nSPS) is 13.5. The van der Waals surface area contributed by atoms with Crippen LogP contribution in [0.4, 0.5) is 5.69 Å². The molecule has 0 aliphatic carbocycles. The van der Waals surface area contributed by atoms with Crippen molar-refractivity contribution in [3.05, 3.63) is 66.2 Å². The average molecular weight is 257 g/mol. The van der Waals surface area contributed by atoms with Crippen molar-refractivity contribution in [2.24, 2.45) is 0 Å². The topological polar surface area (TPSA) is 69.6 Å². The summed E-state index contributed by atoms with van der Waals surface area (Å²) >= 11 is 0. The van der Waals surface area contributed by atoms with Gasteiger partial charge in [-0.05, 0) is 17.7 Å². The summed E-state index contributed by atoms with van der Waals surface area (Å²) in [7, 11) is 0. The van der Waals surface area contributed by atoms with Crippen molar-refractivity contribution in [1.82, 2.24) is 0 Å². The van der Waals surface area contributed by atoms with Crippen LogP contribution in [0.15, 0.2) is 60.7 Å². The zero-order chi connectivity index (χ0) is 13.7. The van der Waals surface area contributed by atoms with Gasteiger partial charge in [-0.1, -0.05) is 48.5 Å².